The Hall–Kier alpha value is -11.3. The first-order valence-electron chi connectivity index (χ1n) is 27.9. The second-order valence-corrected chi connectivity index (χ2v) is 20.7. The molecule has 0 amide bonds. The van der Waals surface area contributed by atoms with Gasteiger partial charge in [-0.15, -0.1) is 0 Å². The molecular weight excluding hydrogens is 1140 g/mol. The lowest BCUT2D eigenvalue weighted by atomic mass is 10.0. The van der Waals surface area contributed by atoms with Gasteiger partial charge >= 0.3 is 6.18 Å². The molecule has 3 aromatic carbocycles. The second-order valence-electron chi connectivity index (χ2n) is 20.2. The van der Waals surface area contributed by atoms with E-state index in [9.17, 15) is 13.2 Å². The van der Waals surface area contributed by atoms with Gasteiger partial charge in [-0.25, -0.2) is 44.9 Å². The maximum Gasteiger partial charge on any atom is 0.416 e. The van der Waals surface area contributed by atoms with Crippen LogP contribution in [-0.2, 0) is 25.6 Å². The molecule has 12 aromatic rings. The summed E-state index contributed by atoms with van der Waals surface area (Å²) in [6, 6.07) is 40.8. The Morgan fingerprint density at radius 1 is 0.375 bits per heavy atom. The van der Waals surface area contributed by atoms with Gasteiger partial charge in [-0.05, 0) is 108 Å². The molecule has 6 N–H and O–H groups in total. The van der Waals surface area contributed by atoms with Crippen molar-refractivity contribution in [2.75, 3.05) is 45.0 Å². The average molecular weight is 1190 g/mol. The number of alkyl halides is 3. The summed E-state index contributed by atoms with van der Waals surface area (Å²) in [6.45, 7) is 1.63. The molecule has 3 aliphatic heterocycles. The van der Waals surface area contributed by atoms with Crippen LogP contribution < -0.4 is 31.9 Å². The van der Waals surface area contributed by atoms with Gasteiger partial charge in [-0.1, -0.05) is 66.2 Å². The standard InChI is InChI=1S/C22H17ClN6.C22H15F3N6.C22H18N6/c23-15-4-1-3-14(11-15)6-10-26-22-27-12-18-16-7-9-24-13-19(16)28-21-17(20(18)29-22)5-2-8-25-21;23-22(24,25)14-4-1-3-13(9-14)10-28-21-29-11-17-15-6-8-26-12-18(15)30-20-16(19(17)31-21)5-2-7-27-20;1-2-5-15(6-3-1)8-12-25-22-26-13-18-16-9-11-23-14-19(16)27-21-17(20(18)28-22)7-4-10-24-21/h1-5,7-9,11-13H,6,10H2,(H,25,28)(H,26,27,29);1-9,11-12H,10H2,(H,27,30)(H,28,29,31);1-7,9-11,13-14H,8,12H2,(H,24,27)(H,25,26,28). The normalized spacial score (nSPS) is 11.7. The number of anilines is 9. The van der Waals surface area contributed by atoms with Gasteiger partial charge in [0.05, 0.1) is 58.3 Å². The van der Waals surface area contributed by atoms with Crippen molar-refractivity contribution in [3.05, 3.63) is 235 Å². The van der Waals surface area contributed by atoms with Crippen molar-refractivity contribution >= 4 is 64.0 Å². The average Bonchev–Trinajstić information content (AvgIpc) is 1.86. The maximum absolute atomic E-state index is 13.0. The monoisotopic (exact) mass is 1190 g/mol. The van der Waals surface area contributed by atoms with Gasteiger partial charge in [-0.3, -0.25) is 15.0 Å². The van der Waals surface area contributed by atoms with E-state index in [4.69, 9.17) is 21.6 Å². The molecule has 3 aliphatic rings. The third-order valence-electron chi connectivity index (χ3n) is 14.5. The number of benzene rings is 3. The Bertz CT molecular complexity index is 4500. The quantitative estimate of drug-likeness (QED) is 0.0708. The first kappa shape index (κ1) is 55.8. The summed E-state index contributed by atoms with van der Waals surface area (Å²) in [5, 5.41) is 20.4. The van der Waals surface area contributed by atoms with E-state index in [1.54, 1.807) is 68.0 Å². The predicted octanol–water partition coefficient (Wildman–Crippen LogP) is 14.6. The lowest BCUT2D eigenvalue weighted by Gasteiger charge is -2.12. The van der Waals surface area contributed by atoms with E-state index in [2.05, 4.69) is 112 Å². The van der Waals surface area contributed by atoms with E-state index < -0.39 is 11.7 Å². The van der Waals surface area contributed by atoms with Crippen molar-refractivity contribution < 1.29 is 13.2 Å². The van der Waals surface area contributed by atoms with Crippen LogP contribution in [0.25, 0.3) is 67.2 Å². The Labute approximate surface area is 507 Å². The van der Waals surface area contributed by atoms with Crippen LogP contribution in [0.1, 0.15) is 22.3 Å². The molecule has 88 heavy (non-hydrogen) atoms. The van der Waals surface area contributed by atoms with Crippen molar-refractivity contribution in [1.82, 2.24) is 59.8 Å². The molecule has 0 saturated heterocycles. The largest absolute Gasteiger partial charge is 0.416 e. The van der Waals surface area contributed by atoms with Gasteiger partial charge < -0.3 is 31.9 Å². The summed E-state index contributed by atoms with van der Waals surface area (Å²) in [5.41, 5.74) is 15.5. The summed E-state index contributed by atoms with van der Waals surface area (Å²) >= 11 is 6.06. The molecule has 12 heterocycles. The van der Waals surface area contributed by atoms with Crippen molar-refractivity contribution in [2.45, 2.75) is 25.6 Å². The van der Waals surface area contributed by atoms with E-state index >= 15 is 0 Å². The van der Waals surface area contributed by atoms with Crippen molar-refractivity contribution in [2.24, 2.45) is 0 Å². The van der Waals surface area contributed by atoms with Crippen LogP contribution in [0.4, 0.5) is 65.5 Å². The predicted molar refractivity (Wildman–Crippen MR) is 336 cm³/mol. The van der Waals surface area contributed by atoms with Gasteiger partial charge in [-0.2, -0.15) is 13.2 Å². The third kappa shape index (κ3) is 12.4. The minimum Gasteiger partial charge on any atom is -0.354 e. The zero-order valence-corrected chi connectivity index (χ0v) is 47.3. The van der Waals surface area contributed by atoms with Gasteiger partial charge in [0.1, 0.15) is 17.5 Å². The minimum atomic E-state index is -4.39. The highest BCUT2D eigenvalue weighted by Crippen LogP contribution is 2.45. The fourth-order valence-electron chi connectivity index (χ4n) is 10.3. The summed E-state index contributed by atoms with van der Waals surface area (Å²) in [4.78, 5) is 53.8. The number of halogens is 4. The lowest BCUT2D eigenvalue weighted by molar-refractivity contribution is -0.137. The highest BCUT2D eigenvalue weighted by molar-refractivity contribution is 6.30. The molecule has 0 spiro atoms. The Balaban J connectivity index is 0.000000122. The zero-order chi connectivity index (χ0) is 59.8. The maximum atomic E-state index is 13.0. The summed E-state index contributed by atoms with van der Waals surface area (Å²) in [5.74, 6) is 3.66. The van der Waals surface area contributed by atoms with Crippen molar-refractivity contribution in [3.63, 3.8) is 0 Å². The van der Waals surface area contributed by atoms with Crippen LogP contribution in [0.5, 0.6) is 0 Å². The molecule has 0 bridgehead atoms. The van der Waals surface area contributed by atoms with Gasteiger partial charge in [0, 0.05) is 130 Å². The second kappa shape index (κ2) is 25.1. The van der Waals surface area contributed by atoms with Gasteiger partial charge in [0.15, 0.2) is 0 Å². The lowest BCUT2D eigenvalue weighted by Crippen LogP contribution is -2.08. The van der Waals surface area contributed by atoms with Gasteiger partial charge in [0.25, 0.3) is 0 Å². The Kier molecular flexibility index (Phi) is 15.9. The SMILES string of the molecule is Clc1cccc(CCNc2ncc3c(n2)-c2cccnc2Nc2cnccc2-3)c1.FC(F)(F)c1cccc(CNc2ncc3c(n2)-c2cccnc2Nc2cnccc2-3)c1.c1ccc(CCNc2ncc3c(n2)-c2cccnc2Nc2cnccc2-3)cc1. The number of hydrogen-bond acceptors (Lipinski definition) is 18. The molecule has 0 fully saturated rings. The third-order valence-corrected chi connectivity index (χ3v) is 14.7. The van der Waals surface area contributed by atoms with Crippen LogP contribution in [0.3, 0.4) is 0 Å². The summed E-state index contributed by atoms with van der Waals surface area (Å²) in [7, 11) is 0. The molecular formula is C66H50ClF3N18. The molecule has 0 unspecified atom stereocenters. The minimum absolute atomic E-state index is 0.154. The van der Waals surface area contributed by atoms with Crippen molar-refractivity contribution in [1.29, 1.82) is 0 Å². The molecule has 15 rings (SSSR count). The van der Waals surface area contributed by atoms with Crippen LogP contribution in [-0.4, -0.2) is 72.9 Å². The van der Waals surface area contributed by atoms with E-state index in [1.165, 1.54) is 17.2 Å². The molecule has 22 heteroatoms. The number of rotatable bonds is 11. The molecule has 9 aromatic heterocycles. The number of nitrogens with one attached hydrogen (secondary N) is 6. The fraction of sp³-hybridized carbons (Fsp3) is 0.0909. The molecule has 0 aliphatic carbocycles. The van der Waals surface area contributed by atoms with E-state index in [0.717, 1.165) is 127 Å². The Morgan fingerprint density at radius 2 is 0.807 bits per heavy atom. The first-order valence-corrected chi connectivity index (χ1v) is 28.3. The Morgan fingerprint density at radius 3 is 1.27 bits per heavy atom. The number of fused-ring (bicyclic) bond motifs is 15. The van der Waals surface area contributed by atoms with Crippen LogP contribution in [0, 0.1) is 0 Å². The molecule has 18 nitrogen and oxygen atoms in total. The fourth-order valence-corrected chi connectivity index (χ4v) is 10.5. The number of nitrogens with zero attached hydrogens (tertiary/aromatic N) is 12. The smallest absolute Gasteiger partial charge is 0.354 e. The highest BCUT2D eigenvalue weighted by atomic mass is 35.5. The first-order chi connectivity index (χ1) is 43.1. The van der Waals surface area contributed by atoms with E-state index in [1.807, 2.05) is 91.3 Å². The number of hydrogen-bond donors (Lipinski definition) is 6. The van der Waals surface area contributed by atoms with E-state index in [-0.39, 0.29) is 6.54 Å². The van der Waals surface area contributed by atoms with Crippen molar-refractivity contribution in [3.8, 4) is 67.2 Å². The van der Waals surface area contributed by atoms with Crippen LogP contribution in [0.15, 0.2) is 208 Å². The summed E-state index contributed by atoms with van der Waals surface area (Å²) < 4.78 is 38.9. The zero-order valence-electron chi connectivity index (χ0n) is 46.5. The van der Waals surface area contributed by atoms with Gasteiger partial charge in [0.2, 0.25) is 17.8 Å². The topological polar surface area (TPSA) is 227 Å². The summed E-state index contributed by atoms with van der Waals surface area (Å²) in [6.07, 6.45) is 18.5. The number of pyridine rings is 6. The molecule has 0 saturated carbocycles. The highest BCUT2D eigenvalue weighted by Gasteiger charge is 2.31. The van der Waals surface area contributed by atoms with E-state index in [0.29, 0.717) is 41.5 Å². The van der Waals surface area contributed by atoms with Crippen LogP contribution >= 0.6 is 11.6 Å². The van der Waals surface area contributed by atoms with Crippen LogP contribution in [0.2, 0.25) is 5.02 Å². The number of aromatic nitrogens is 12. The molecule has 0 radical (unpaired) electrons. The molecule has 432 valence electrons. The molecule has 0 atom stereocenters.